The Morgan fingerprint density at radius 1 is 1.17 bits per heavy atom. The Morgan fingerprint density at radius 3 is 2.62 bits per heavy atom. The zero-order valence-electron chi connectivity index (χ0n) is 17.9. The number of aromatic nitrogens is 1. The summed E-state index contributed by atoms with van der Waals surface area (Å²) < 4.78 is 11.4. The van der Waals surface area contributed by atoms with Crippen LogP contribution in [0, 0.1) is 5.92 Å². The monoisotopic (exact) mass is 395 g/mol. The number of piperidine rings is 1. The molecule has 3 heterocycles. The van der Waals surface area contributed by atoms with Crippen LogP contribution in [0.2, 0.25) is 0 Å². The number of methoxy groups -OCH3 is 1. The first-order valence-electron chi connectivity index (χ1n) is 10.8. The molecule has 0 aliphatic carbocycles. The predicted molar refractivity (Wildman–Crippen MR) is 116 cm³/mol. The second-order valence-electron chi connectivity index (χ2n) is 8.56. The van der Waals surface area contributed by atoms with Crippen LogP contribution in [-0.4, -0.2) is 49.3 Å². The van der Waals surface area contributed by atoms with Crippen LogP contribution in [0.1, 0.15) is 49.3 Å². The highest BCUT2D eigenvalue weighted by Crippen LogP contribution is 2.32. The second kappa shape index (κ2) is 9.14. The molecule has 156 valence electrons. The van der Waals surface area contributed by atoms with Gasteiger partial charge >= 0.3 is 0 Å². The molecule has 2 aliphatic rings. The van der Waals surface area contributed by atoms with E-state index in [2.05, 4.69) is 47.2 Å². The number of benzene rings is 1. The lowest BCUT2D eigenvalue weighted by molar-refractivity contribution is 0.117. The molecule has 1 aromatic carbocycles. The zero-order valence-corrected chi connectivity index (χ0v) is 17.9. The summed E-state index contributed by atoms with van der Waals surface area (Å²) in [5, 5.41) is 3.55. The lowest BCUT2D eigenvalue weighted by atomic mass is 9.87. The topological polar surface area (TPSA) is 46.6 Å². The van der Waals surface area contributed by atoms with E-state index in [1.54, 1.807) is 7.11 Å². The first-order chi connectivity index (χ1) is 14.1. The van der Waals surface area contributed by atoms with Gasteiger partial charge in [0.1, 0.15) is 5.75 Å². The maximum absolute atomic E-state index is 6.10. The molecule has 4 rings (SSSR count). The van der Waals surface area contributed by atoms with Gasteiger partial charge in [-0.2, -0.15) is 0 Å². The van der Waals surface area contributed by atoms with Gasteiger partial charge < -0.3 is 19.7 Å². The fourth-order valence-corrected chi connectivity index (χ4v) is 4.47. The lowest BCUT2D eigenvalue weighted by Gasteiger charge is -2.34. The number of ether oxygens (including phenoxy) is 2. The molecule has 0 radical (unpaired) electrons. The molecule has 0 spiro atoms. The minimum absolute atomic E-state index is 0.312. The highest BCUT2D eigenvalue weighted by Gasteiger charge is 2.24. The average molecular weight is 396 g/mol. The molecule has 5 heteroatoms. The van der Waals surface area contributed by atoms with E-state index in [4.69, 9.17) is 9.47 Å². The molecule has 1 fully saturated rings. The number of hydrogen-bond donors (Lipinski definition) is 1. The van der Waals surface area contributed by atoms with E-state index in [1.807, 2.05) is 18.3 Å². The van der Waals surface area contributed by atoms with Crippen LogP contribution in [-0.2, 0) is 6.54 Å². The molecule has 1 saturated heterocycles. The zero-order chi connectivity index (χ0) is 20.2. The van der Waals surface area contributed by atoms with Crippen LogP contribution >= 0.6 is 0 Å². The third-order valence-corrected chi connectivity index (χ3v) is 6.40. The number of rotatable bonds is 6. The van der Waals surface area contributed by atoms with Crippen molar-refractivity contribution in [2.24, 2.45) is 5.92 Å². The normalized spacial score (nSPS) is 20.5. The molecule has 0 saturated carbocycles. The van der Waals surface area contributed by atoms with E-state index in [0.29, 0.717) is 17.9 Å². The average Bonchev–Trinajstić information content (AvgIpc) is 2.77. The number of hydrogen-bond acceptors (Lipinski definition) is 5. The van der Waals surface area contributed by atoms with E-state index in [0.717, 1.165) is 31.3 Å². The summed E-state index contributed by atoms with van der Waals surface area (Å²) in [5.74, 6) is 2.59. The molecule has 1 aromatic heterocycles. The highest BCUT2D eigenvalue weighted by molar-refractivity contribution is 5.42. The molecule has 5 nitrogen and oxygen atoms in total. The van der Waals surface area contributed by atoms with Crippen molar-refractivity contribution in [3.63, 3.8) is 0 Å². The number of nitrogens with zero attached hydrogens (tertiary/aromatic N) is 2. The van der Waals surface area contributed by atoms with Gasteiger partial charge in [-0.25, -0.2) is 4.98 Å². The van der Waals surface area contributed by atoms with Gasteiger partial charge in [0.2, 0.25) is 5.88 Å². The van der Waals surface area contributed by atoms with Crippen LogP contribution in [0.25, 0.3) is 0 Å². The maximum atomic E-state index is 6.10. The number of likely N-dealkylation sites (tertiary alicyclic amines) is 1. The van der Waals surface area contributed by atoms with Crippen molar-refractivity contribution >= 4 is 0 Å². The van der Waals surface area contributed by atoms with E-state index in [-0.39, 0.29) is 0 Å². The van der Waals surface area contributed by atoms with Crippen LogP contribution in [0.3, 0.4) is 0 Å². The minimum Gasteiger partial charge on any atom is -0.497 e. The van der Waals surface area contributed by atoms with Crippen LogP contribution in [0.15, 0.2) is 36.5 Å². The Balaban J connectivity index is 1.39. The summed E-state index contributed by atoms with van der Waals surface area (Å²) in [6, 6.07) is 11.1. The van der Waals surface area contributed by atoms with Gasteiger partial charge in [0.15, 0.2) is 0 Å². The second-order valence-corrected chi connectivity index (χ2v) is 8.56. The first-order valence-corrected chi connectivity index (χ1v) is 10.8. The van der Waals surface area contributed by atoms with Gasteiger partial charge in [0, 0.05) is 37.3 Å². The Hall–Kier alpha value is -2.11. The minimum atomic E-state index is 0.312. The molecule has 29 heavy (non-hydrogen) atoms. The van der Waals surface area contributed by atoms with Crippen LogP contribution in [0.4, 0.5) is 0 Å². The Labute approximate surface area is 174 Å². The van der Waals surface area contributed by atoms with Crippen LogP contribution in [0.5, 0.6) is 11.6 Å². The molecule has 1 unspecified atom stereocenters. The van der Waals surface area contributed by atoms with E-state index >= 15 is 0 Å². The standard InChI is InChI=1S/C24H33N3O2/c1-17(2)27-10-8-18(9-11-27)16-29-24-12-20-13-25-14-22(23(20)15-26-24)19-4-6-21(28-3)7-5-19/h4-7,12,15,17-18,22,25H,8-11,13-14,16H2,1-3H3. The summed E-state index contributed by atoms with van der Waals surface area (Å²) >= 11 is 0. The molecule has 1 atom stereocenters. The molecule has 1 N–H and O–H groups in total. The van der Waals surface area contributed by atoms with Crippen molar-refractivity contribution in [2.45, 2.75) is 45.2 Å². The van der Waals surface area contributed by atoms with Crippen molar-refractivity contribution in [2.75, 3.05) is 33.4 Å². The van der Waals surface area contributed by atoms with E-state index in [1.165, 1.54) is 42.6 Å². The van der Waals surface area contributed by atoms with Crippen molar-refractivity contribution < 1.29 is 9.47 Å². The smallest absolute Gasteiger partial charge is 0.213 e. The molecule has 2 aromatic rings. The Kier molecular flexibility index (Phi) is 6.36. The quantitative estimate of drug-likeness (QED) is 0.806. The largest absolute Gasteiger partial charge is 0.497 e. The van der Waals surface area contributed by atoms with E-state index in [9.17, 15) is 0 Å². The van der Waals surface area contributed by atoms with Gasteiger partial charge in [-0.15, -0.1) is 0 Å². The number of pyridine rings is 1. The fraction of sp³-hybridized carbons (Fsp3) is 0.542. The molecular formula is C24H33N3O2. The summed E-state index contributed by atoms with van der Waals surface area (Å²) in [6.07, 6.45) is 4.44. The van der Waals surface area contributed by atoms with Crippen molar-refractivity contribution in [1.29, 1.82) is 0 Å². The third kappa shape index (κ3) is 4.73. The van der Waals surface area contributed by atoms with Gasteiger partial charge in [-0.1, -0.05) is 12.1 Å². The maximum Gasteiger partial charge on any atom is 0.213 e. The number of fused-ring (bicyclic) bond motifs is 1. The summed E-state index contributed by atoms with van der Waals surface area (Å²) in [6.45, 7) is 9.48. The lowest BCUT2D eigenvalue weighted by Crippen LogP contribution is -2.39. The first kappa shape index (κ1) is 20.2. The van der Waals surface area contributed by atoms with Gasteiger partial charge in [-0.3, -0.25) is 0 Å². The van der Waals surface area contributed by atoms with E-state index < -0.39 is 0 Å². The molecule has 0 bridgehead atoms. The predicted octanol–water partition coefficient (Wildman–Crippen LogP) is 3.82. The molecule has 0 amide bonds. The summed E-state index contributed by atoms with van der Waals surface area (Å²) in [4.78, 5) is 7.20. The van der Waals surface area contributed by atoms with Gasteiger partial charge in [0.25, 0.3) is 0 Å². The Morgan fingerprint density at radius 2 is 1.93 bits per heavy atom. The summed E-state index contributed by atoms with van der Waals surface area (Å²) in [5.41, 5.74) is 3.87. The van der Waals surface area contributed by atoms with Crippen molar-refractivity contribution in [3.8, 4) is 11.6 Å². The van der Waals surface area contributed by atoms with Crippen molar-refractivity contribution in [3.05, 3.63) is 53.2 Å². The van der Waals surface area contributed by atoms with Gasteiger partial charge in [0.05, 0.1) is 13.7 Å². The fourth-order valence-electron chi connectivity index (χ4n) is 4.47. The van der Waals surface area contributed by atoms with Crippen molar-refractivity contribution in [1.82, 2.24) is 15.2 Å². The van der Waals surface area contributed by atoms with Gasteiger partial charge in [-0.05, 0) is 74.5 Å². The summed E-state index contributed by atoms with van der Waals surface area (Å²) in [7, 11) is 1.70. The highest BCUT2D eigenvalue weighted by atomic mass is 16.5. The molecule has 2 aliphatic heterocycles. The van der Waals surface area contributed by atoms with Crippen LogP contribution < -0.4 is 14.8 Å². The molecular weight excluding hydrogens is 362 g/mol. The SMILES string of the molecule is COc1ccc(C2CNCc3cc(OCC4CCN(C(C)C)CC4)ncc32)cc1. The number of nitrogens with one attached hydrogen (secondary N) is 1. The Bertz CT molecular complexity index is 798. The third-order valence-electron chi connectivity index (χ3n) is 6.40.